The fourth-order valence-corrected chi connectivity index (χ4v) is 2.82. The molecule has 10 nitrogen and oxygen atoms in total. The zero-order chi connectivity index (χ0) is 23.3. The van der Waals surface area contributed by atoms with E-state index in [4.69, 9.17) is 4.74 Å². The normalized spacial score (nSPS) is 11.4. The van der Waals surface area contributed by atoms with Gasteiger partial charge < -0.3 is 10.1 Å². The highest BCUT2D eigenvalue weighted by Crippen LogP contribution is 2.28. The number of nitro benzene ring substituents is 1. The molecule has 2 aromatic heterocycles. The lowest BCUT2D eigenvalue weighted by Gasteiger charge is -2.07. The van der Waals surface area contributed by atoms with Gasteiger partial charge in [0.15, 0.2) is 18.2 Å². The van der Waals surface area contributed by atoms with Crippen LogP contribution in [0.1, 0.15) is 28.3 Å². The lowest BCUT2D eigenvalue weighted by molar-refractivity contribution is -0.386. The van der Waals surface area contributed by atoms with Crippen LogP contribution >= 0.6 is 0 Å². The predicted molar refractivity (Wildman–Crippen MR) is 105 cm³/mol. The molecule has 0 radical (unpaired) electrons. The highest BCUT2D eigenvalue weighted by Gasteiger charge is 2.34. The van der Waals surface area contributed by atoms with Gasteiger partial charge in [0.2, 0.25) is 0 Å². The molecule has 0 fully saturated rings. The van der Waals surface area contributed by atoms with Crippen molar-refractivity contribution in [3.63, 3.8) is 0 Å². The summed E-state index contributed by atoms with van der Waals surface area (Å²) in [6.07, 6.45) is -2.65. The zero-order valence-corrected chi connectivity index (χ0v) is 16.9. The van der Waals surface area contributed by atoms with E-state index in [0.29, 0.717) is 12.1 Å². The Morgan fingerprint density at radius 1 is 1.25 bits per heavy atom. The lowest BCUT2D eigenvalue weighted by atomic mass is 10.3. The van der Waals surface area contributed by atoms with Crippen LogP contribution in [0, 0.1) is 17.0 Å². The van der Waals surface area contributed by atoms with Gasteiger partial charge in [0.25, 0.3) is 5.91 Å². The number of hydrogen-bond acceptors (Lipinski definition) is 6. The molecule has 0 saturated heterocycles. The highest BCUT2D eigenvalue weighted by atomic mass is 19.4. The van der Waals surface area contributed by atoms with Crippen molar-refractivity contribution in [2.24, 2.45) is 0 Å². The molecule has 3 aromatic rings. The summed E-state index contributed by atoms with van der Waals surface area (Å²) in [4.78, 5) is 22.6. The van der Waals surface area contributed by atoms with Crippen molar-refractivity contribution in [1.29, 1.82) is 0 Å². The van der Waals surface area contributed by atoms with Gasteiger partial charge in [-0.25, -0.2) is 4.68 Å². The predicted octanol–water partition coefficient (Wildman–Crippen LogP) is 3.17. The largest absolute Gasteiger partial charge is 0.464 e. The Morgan fingerprint density at radius 3 is 2.69 bits per heavy atom. The number of carbonyl (C=O) groups is 1. The first kappa shape index (κ1) is 22.8. The van der Waals surface area contributed by atoms with E-state index in [1.165, 1.54) is 46.7 Å². The van der Waals surface area contributed by atoms with E-state index in [0.717, 1.165) is 6.07 Å². The molecular weight excluding hydrogens is 433 g/mol. The molecule has 0 aliphatic heterocycles. The minimum atomic E-state index is -4.50. The standard InChI is InChI=1S/C19H19F3N6O4/c1-13-11-17(19(20,21)22)25-27(13)9-4-8-23-18(29)14-7-10-26(24-14)12-32-16-6-3-2-5-15(16)28(30)31/h2-3,5-7,10-11H,4,8-9,12H2,1H3,(H,23,29). The Labute approximate surface area is 179 Å². The maximum Gasteiger partial charge on any atom is 0.435 e. The van der Waals surface area contributed by atoms with E-state index in [-0.39, 0.29) is 37.0 Å². The van der Waals surface area contributed by atoms with Crippen LogP contribution in [0.25, 0.3) is 0 Å². The number of ether oxygens (including phenoxy) is 1. The molecule has 0 spiro atoms. The van der Waals surface area contributed by atoms with Crippen LogP contribution in [0.15, 0.2) is 42.6 Å². The summed E-state index contributed by atoms with van der Waals surface area (Å²) in [5.41, 5.74) is -0.660. The van der Waals surface area contributed by atoms with Gasteiger partial charge in [0.1, 0.15) is 5.69 Å². The number of rotatable bonds is 9. The first-order chi connectivity index (χ1) is 15.1. The average Bonchev–Trinajstić information content (AvgIpc) is 3.36. The molecule has 1 N–H and O–H groups in total. The molecule has 0 bridgehead atoms. The molecule has 2 heterocycles. The second-order valence-electron chi connectivity index (χ2n) is 6.74. The summed E-state index contributed by atoms with van der Waals surface area (Å²) < 4.78 is 46.0. The number of nitrogens with one attached hydrogen (secondary N) is 1. The van der Waals surface area contributed by atoms with E-state index in [2.05, 4.69) is 15.5 Å². The van der Waals surface area contributed by atoms with Crippen molar-refractivity contribution >= 4 is 11.6 Å². The Balaban J connectivity index is 1.47. The second-order valence-corrected chi connectivity index (χ2v) is 6.74. The molecule has 0 unspecified atom stereocenters. The number of nitrogens with zero attached hydrogens (tertiary/aromatic N) is 5. The van der Waals surface area contributed by atoms with Crippen LogP contribution in [0.4, 0.5) is 18.9 Å². The number of aromatic nitrogens is 4. The summed E-state index contributed by atoms with van der Waals surface area (Å²) in [6.45, 7) is 1.80. The summed E-state index contributed by atoms with van der Waals surface area (Å²) in [5, 5.41) is 21.2. The zero-order valence-electron chi connectivity index (χ0n) is 16.9. The molecule has 170 valence electrons. The minimum absolute atomic E-state index is 0.0709. The van der Waals surface area contributed by atoms with Crippen molar-refractivity contribution in [1.82, 2.24) is 24.9 Å². The van der Waals surface area contributed by atoms with Crippen LogP contribution in [0.3, 0.4) is 0 Å². The Morgan fingerprint density at radius 2 is 2.00 bits per heavy atom. The first-order valence-electron chi connectivity index (χ1n) is 9.44. The maximum absolute atomic E-state index is 12.7. The Bertz CT molecular complexity index is 1110. The molecular formula is C19H19F3N6O4. The summed E-state index contributed by atoms with van der Waals surface area (Å²) in [5.74, 6) is -0.399. The maximum atomic E-state index is 12.7. The van der Waals surface area contributed by atoms with E-state index in [1.54, 1.807) is 6.07 Å². The third-order valence-corrected chi connectivity index (χ3v) is 4.39. The van der Waals surface area contributed by atoms with Crippen molar-refractivity contribution in [2.75, 3.05) is 6.54 Å². The van der Waals surface area contributed by atoms with Crippen LogP contribution in [0.5, 0.6) is 5.75 Å². The fraction of sp³-hybridized carbons (Fsp3) is 0.316. The van der Waals surface area contributed by atoms with Crippen molar-refractivity contribution in [3.05, 3.63) is 69.8 Å². The highest BCUT2D eigenvalue weighted by molar-refractivity contribution is 5.92. The number of para-hydroxylation sites is 2. The number of nitro groups is 1. The summed E-state index contributed by atoms with van der Waals surface area (Å²) >= 11 is 0. The number of carbonyl (C=O) groups excluding carboxylic acids is 1. The first-order valence-corrected chi connectivity index (χ1v) is 9.44. The topological polar surface area (TPSA) is 117 Å². The third-order valence-electron chi connectivity index (χ3n) is 4.39. The van der Waals surface area contributed by atoms with Gasteiger partial charge >= 0.3 is 11.9 Å². The van der Waals surface area contributed by atoms with Gasteiger partial charge in [-0.05, 0) is 31.5 Å². The molecule has 1 amide bonds. The molecule has 32 heavy (non-hydrogen) atoms. The second kappa shape index (κ2) is 9.49. The SMILES string of the molecule is Cc1cc(C(F)(F)F)nn1CCCNC(=O)c1ccn(COc2ccccc2[N+](=O)[O-])n1. The lowest BCUT2D eigenvalue weighted by Crippen LogP contribution is -2.26. The van der Waals surface area contributed by atoms with Gasteiger partial charge in [-0.1, -0.05) is 12.1 Å². The van der Waals surface area contributed by atoms with Gasteiger partial charge in [0.05, 0.1) is 4.92 Å². The Hall–Kier alpha value is -3.90. The quantitative estimate of drug-likeness (QED) is 0.303. The van der Waals surface area contributed by atoms with Crippen molar-refractivity contribution < 1.29 is 27.6 Å². The van der Waals surface area contributed by atoms with Gasteiger partial charge in [-0.3, -0.25) is 19.6 Å². The van der Waals surface area contributed by atoms with E-state index in [9.17, 15) is 28.1 Å². The molecule has 13 heteroatoms. The number of hydrogen-bond donors (Lipinski definition) is 1. The van der Waals surface area contributed by atoms with Crippen LogP contribution in [-0.4, -0.2) is 36.9 Å². The number of alkyl halides is 3. The number of amides is 1. The molecule has 3 rings (SSSR count). The fourth-order valence-electron chi connectivity index (χ4n) is 2.82. The van der Waals surface area contributed by atoms with Crippen molar-refractivity contribution in [3.8, 4) is 5.75 Å². The smallest absolute Gasteiger partial charge is 0.435 e. The molecule has 0 saturated carbocycles. The average molecular weight is 452 g/mol. The van der Waals surface area contributed by atoms with E-state index >= 15 is 0 Å². The van der Waals surface area contributed by atoms with E-state index in [1.807, 2.05) is 0 Å². The third kappa shape index (κ3) is 5.62. The molecule has 0 atom stereocenters. The molecule has 0 aliphatic rings. The minimum Gasteiger partial charge on any atom is -0.464 e. The van der Waals surface area contributed by atoms with Crippen LogP contribution < -0.4 is 10.1 Å². The number of halogens is 3. The van der Waals surface area contributed by atoms with Crippen LogP contribution in [0.2, 0.25) is 0 Å². The monoisotopic (exact) mass is 452 g/mol. The molecule has 0 aliphatic carbocycles. The number of aryl methyl sites for hydroxylation is 2. The summed E-state index contributed by atoms with van der Waals surface area (Å²) in [6, 6.07) is 8.30. The van der Waals surface area contributed by atoms with Gasteiger partial charge in [-0.15, -0.1) is 0 Å². The van der Waals surface area contributed by atoms with E-state index < -0.39 is 22.7 Å². The number of benzene rings is 1. The van der Waals surface area contributed by atoms with Crippen LogP contribution in [-0.2, 0) is 19.5 Å². The van der Waals surface area contributed by atoms with Gasteiger partial charge in [-0.2, -0.15) is 23.4 Å². The summed E-state index contributed by atoms with van der Waals surface area (Å²) in [7, 11) is 0. The van der Waals surface area contributed by atoms with Gasteiger partial charge in [0, 0.05) is 31.0 Å². The molecule has 1 aromatic carbocycles. The van der Waals surface area contributed by atoms with Crippen molar-refractivity contribution in [2.45, 2.75) is 32.8 Å². The Kier molecular flexibility index (Phi) is 6.76.